The molecule has 2 N–H and O–H groups in total. The molecular weight excluding hydrogens is 356 g/mol. The van der Waals surface area contributed by atoms with Gasteiger partial charge in [0.25, 0.3) is 15.9 Å². The lowest BCUT2D eigenvalue weighted by Gasteiger charge is -2.07. The van der Waals surface area contributed by atoms with Crippen molar-refractivity contribution in [2.24, 2.45) is 0 Å². The highest BCUT2D eigenvalue weighted by atomic mass is 32.2. The lowest BCUT2D eigenvalue weighted by atomic mass is 10.3. The lowest BCUT2D eigenvalue weighted by Crippen LogP contribution is -2.18. The lowest BCUT2D eigenvalue weighted by molar-refractivity contribution is 0.0991. The number of para-hydroxylation sites is 1. The third-order valence-corrected chi connectivity index (χ3v) is 4.72. The zero-order valence-electron chi connectivity index (χ0n) is 13.8. The third kappa shape index (κ3) is 4.11. The number of ether oxygens (including phenoxy) is 1. The van der Waals surface area contributed by atoms with Crippen LogP contribution in [0.3, 0.4) is 0 Å². The first-order chi connectivity index (χ1) is 12.5. The summed E-state index contributed by atoms with van der Waals surface area (Å²) in [6.07, 6.45) is 0. The number of hydrogen-bond acceptors (Lipinski definition) is 5. The van der Waals surface area contributed by atoms with Crippen LogP contribution >= 0.6 is 0 Å². The van der Waals surface area contributed by atoms with Crippen molar-refractivity contribution >= 4 is 21.6 Å². The van der Waals surface area contributed by atoms with Gasteiger partial charge in [0.2, 0.25) is 5.09 Å². The minimum Gasteiger partial charge on any atom is -0.457 e. The van der Waals surface area contributed by atoms with E-state index in [1.54, 1.807) is 24.3 Å². The summed E-state index contributed by atoms with van der Waals surface area (Å²) in [7, 11) is -2.47. The molecule has 1 heterocycles. The zero-order chi connectivity index (χ0) is 18.6. The fourth-order valence-corrected chi connectivity index (χ4v) is 2.76. The second-order valence-electron chi connectivity index (χ2n) is 5.22. The van der Waals surface area contributed by atoms with Crippen molar-refractivity contribution in [3.8, 4) is 11.5 Å². The molecule has 0 saturated heterocycles. The van der Waals surface area contributed by atoms with E-state index >= 15 is 0 Å². The Morgan fingerprint density at radius 2 is 1.58 bits per heavy atom. The molecule has 0 fully saturated rings. The zero-order valence-corrected chi connectivity index (χ0v) is 14.6. The Kier molecular flexibility index (Phi) is 5.06. The molecule has 0 bridgehead atoms. The first kappa shape index (κ1) is 17.7. The SMILES string of the molecule is CNS(=O)(=O)c1ccc(C(=O)Nc2ccc(Oc3ccccc3)cc2)o1. The van der Waals surface area contributed by atoms with Gasteiger partial charge >= 0.3 is 0 Å². The minimum absolute atomic E-state index is 0.108. The third-order valence-electron chi connectivity index (χ3n) is 3.43. The second-order valence-corrected chi connectivity index (χ2v) is 7.04. The molecule has 2 aromatic carbocycles. The molecular formula is C18H16N2O5S. The minimum atomic E-state index is -3.73. The van der Waals surface area contributed by atoms with Gasteiger partial charge in [-0.25, -0.2) is 13.1 Å². The standard InChI is InChI=1S/C18H16N2O5S/c1-19-26(22,23)17-12-11-16(25-17)18(21)20-13-7-9-15(10-8-13)24-14-5-3-2-4-6-14/h2-12,19H,1H3,(H,20,21). The van der Waals surface area contributed by atoms with Gasteiger partial charge in [-0.1, -0.05) is 18.2 Å². The van der Waals surface area contributed by atoms with Crippen molar-refractivity contribution in [1.29, 1.82) is 0 Å². The van der Waals surface area contributed by atoms with Gasteiger partial charge in [0.1, 0.15) is 11.5 Å². The van der Waals surface area contributed by atoms with Crippen LogP contribution in [0.1, 0.15) is 10.6 Å². The van der Waals surface area contributed by atoms with E-state index in [1.807, 2.05) is 30.3 Å². The van der Waals surface area contributed by atoms with Crippen LogP contribution < -0.4 is 14.8 Å². The Bertz CT molecular complexity index is 996. The molecule has 0 unspecified atom stereocenters. The number of anilines is 1. The van der Waals surface area contributed by atoms with Crippen molar-refractivity contribution in [3.05, 3.63) is 72.5 Å². The summed E-state index contributed by atoms with van der Waals surface area (Å²) in [5, 5.41) is 2.31. The van der Waals surface area contributed by atoms with Gasteiger partial charge in [-0.3, -0.25) is 4.79 Å². The Balaban J connectivity index is 1.66. The molecule has 0 saturated carbocycles. The van der Waals surface area contributed by atoms with Crippen LogP contribution in [0, 0.1) is 0 Å². The highest BCUT2D eigenvalue weighted by Crippen LogP contribution is 2.23. The van der Waals surface area contributed by atoms with E-state index in [1.165, 1.54) is 19.2 Å². The number of furan rings is 1. The summed E-state index contributed by atoms with van der Waals surface area (Å²) in [5.74, 6) is 0.662. The van der Waals surface area contributed by atoms with Crippen molar-refractivity contribution in [2.75, 3.05) is 12.4 Å². The summed E-state index contributed by atoms with van der Waals surface area (Å²) in [6.45, 7) is 0. The number of nitrogens with one attached hydrogen (secondary N) is 2. The largest absolute Gasteiger partial charge is 0.457 e. The Morgan fingerprint density at radius 3 is 2.23 bits per heavy atom. The van der Waals surface area contributed by atoms with Gasteiger partial charge < -0.3 is 14.5 Å². The molecule has 1 aromatic heterocycles. The molecule has 0 aliphatic heterocycles. The number of rotatable bonds is 6. The Labute approximate surface area is 150 Å². The molecule has 3 rings (SSSR count). The number of sulfonamides is 1. The van der Waals surface area contributed by atoms with Crippen molar-refractivity contribution < 1.29 is 22.4 Å². The molecule has 8 heteroatoms. The van der Waals surface area contributed by atoms with Crippen LogP contribution in [-0.4, -0.2) is 21.4 Å². The Morgan fingerprint density at radius 1 is 0.923 bits per heavy atom. The molecule has 1 amide bonds. The van der Waals surface area contributed by atoms with Crippen LogP contribution in [0.25, 0.3) is 0 Å². The number of carbonyl (C=O) groups is 1. The molecule has 0 radical (unpaired) electrons. The van der Waals surface area contributed by atoms with E-state index in [-0.39, 0.29) is 10.9 Å². The highest BCUT2D eigenvalue weighted by molar-refractivity contribution is 7.89. The molecule has 134 valence electrons. The predicted molar refractivity (Wildman–Crippen MR) is 95.9 cm³/mol. The van der Waals surface area contributed by atoms with Gasteiger partial charge in [-0.05, 0) is 55.6 Å². The summed E-state index contributed by atoms with van der Waals surface area (Å²) >= 11 is 0. The molecule has 0 atom stereocenters. The van der Waals surface area contributed by atoms with Crippen LogP contribution in [0.2, 0.25) is 0 Å². The van der Waals surface area contributed by atoms with Gasteiger partial charge in [0, 0.05) is 5.69 Å². The van der Waals surface area contributed by atoms with E-state index < -0.39 is 15.9 Å². The van der Waals surface area contributed by atoms with Crippen molar-refractivity contribution in [1.82, 2.24) is 4.72 Å². The molecule has 0 spiro atoms. The van der Waals surface area contributed by atoms with Crippen molar-refractivity contribution in [3.63, 3.8) is 0 Å². The maximum atomic E-state index is 12.2. The fraction of sp³-hybridized carbons (Fsp3) is 0.0556. The topological polar surface area (TPSA) is 97.6 Å². The van der Waals surface area contributed by atoms with E-state index in [0.717, 1.165) is 0 Å². The second kappa shape index (κ2) is 7.42. The van der Waals surface area contributed by atoms with E-state index in [9.17, 15) is 13.2 Å². The first-order valence-corrected chi connectivity index (χ1v) is 9.14. The summed E-state index contributed by atoms with van der Waals surface area (Å²) < 4.78 is 36.1. The summed E-state index contributed by atoms with van der Waals surface area (Å²) in [5.41, 5.74) is 0.518. The molecule has 3 aromatic rings. The van der Waals surface area contributed by atoms with E-state index in [0.29, 0.717) is 17.2 Å². The molecule has 0 aliphatic carbocycles. The van der Waals surface area contributed by atoms with E-state index in [2.05, 4.69) is 10.0 Å². The maximum Gasteiger partial charge on any atom is 0.291 e. The van der Waals surface area contributed by atoms with E-state index in [4.69, 9.17) is 9.15 Å². The maximum absolute atomic E-state index is 12.2. The number of amides is 1. The summed E-state index contributed by atoms with van der Waals surface area (Å²) in [6, 6.07) is 18.6. The average molecular weight is 372 g/mol. The number of benzene rings is 2. The van der Waals surface area contributed by atoms with Gasteiger partial charge in [0.15, 0.2) is 5.76 Å². The Hall–Kier alpha value is -3.10. The molecule has 0 aliphatic rings. The quantitative estimate of drug-likeness (QED) is 0.692. The normalized spacial score (nSPS) is 11.1. The van der Waals surface area contributed by atoms with Gasteiger partial charge in [-0.15, -0.1) is 0 Å². The van der Waals surface area contributed by atoms with Crippen molar-refractivity contribution in [2.45, 2.75) is 5.09 Å². The highest BCUT2D eigenvalue weighted by Gasteiger charge is 2.19. The van der Waals surface area contributed by atoms with Gasteiger partial charge in [0.05, 0.1) is 0 Å². The van der Waals surface area contributed by atoms with Gasteiger partial charge in [-0.2, -0.15) is 0 Å². The number of carbonyl (C=O) groups excluding carboxylic acids is 1. The number of hydrogen-bond donors (Lipinski definition) is 2. The monoisotopic (exact) mass is 372 g/mol. The molecule has 26 heavy (non-hydrogen) atoms. The van der Waals surface area contributed by atoms with Crippen LogP contribution in [-0.2, 0) is 10.0 Å². The first-order valence-electron chi connectivity index (χ1n) is 7.65. The predicted octanol–water partition coefficient (Wildman–Crippen LogP) is 3.23. The molecule has 7 nitrogen and oxygen atoms in total. The summed E-state index contributed by atoms with van der Waals surface area (Å²) in [4.78, 5) is 12.2. The van der Waals surface area contributed by atoms with Crippen LogP contribution in [0.5, 0.6) is 11.5 Å². The van der Waals surface area contributed by atoms with Crippen LogP contribution in [0.15, 0.2) is 76.2 Å². The smallest absolute Gasteiger partial charge is 0.291 e. The fourth-order valence-electron chi connectivity index (χ4n) is 2.11. The average Bonchev–Trinajstić information content (AvgIpc) is 3.15. The van der Waals surface area contributed by atoms with Crippen LogP contribution in [0.4, 0.5) is 5.69 Å².